The van der Waals surface area contributed by atoms with Crippen LogP contribution in [0.3, 0.4) is 0 Å². The zero-order valence-electron chi connectivity index (χ0n) is 18.0. The molecule has 2 aromatic rings. The van der Waals surface area contributed by atoms with Crippen LogP contribution in [0.15, 0.2) is 47.4 Å². The molecule has 0 bridgehead atoms. The number of ether oxygens (including phenoxy) is 4. The van der Waals surface area contributed by atoms with E-state index in [0.717, 1.165) is 16.7 Å². The third kappa shape index (κ3) is 6.43. The molecule has 1 fully saturated rings. The molecule has 3 rings (SSSR count). The lowest BCUT2D eigenvalue weighted by Gasteiger charge is -2.13. The molecule has 0 spiro atoms. The number of hydrogen-bond acceptors (Lipinski definition) is 8. The minimum atomic E-state index is -0.509. The van der Waals surface area contributed by atoms with E-state index in [9.17, 15) is 14.4 Å². The van der Waals surface area contributed by atoms with E-state index in [1.165, 1.54) is 7.11 Å². The molecule has 2 amide bonds. The number of amides is 2. The molecular formula is C23H22ClNO7S. The number of rotatable bonds is 10. The average Bonchev–Trinajstić information content (AvgIpc) is 3.06. The summed E-state index contributed by atoms with van der Waals surface area (Å²) in [5.74, 6) is 0.283. The first-order valence-electron chi connectivity index (χ1n) is 10.0. The fourth-order valence-corrected chi connectivity index (χ4v) is 3.94. The molecule has 0 atom stereocenters. The zero-order valence-corrected chi connectivity index (χ0v) is 19.6. The van der Waals surface area contributed by atoms with Gasteiger partial charge in [-0.3, -0.25) is 14.5 Å². The molecular weight excluding hydrogens is 470 g/mol. The standard InChI is InChI=1S/C23H22ClNO7S/c1-3-30-21(26)14-32-19-12-15(8-9-18(19)29-2)13-20-22(27)25(23(28)33-20)10-11-31-17-7-5-4-6-16(17)24/h4-9,12-13H,3,10-11,14H2,1-2H3/b20-13-. The molecule has 174 valence electrons. The number of nitrogens with zero attached hydrogens (tertiary/aromatic N) is 1. The van der Waals surface area contributed by atoms with Crippen LogP contribution in [0, 0.1) is 0 Å². The Labute approximate surface area is 200 Å². The number of carbonyl (C=O) groups excluding carboxylic acids is 3. The van der Waals surface area contributed by atoms with Gasteiger partial charge >= 0.3 is 5.97 Å². The number of para-hydroxylation sites is 1. The van der Waals surface area contributed by atoms with Crippen molar-refractivity contribution in [1.29, 1.82) is 0 Å². The lowest BCUT2D eigenvalue weighted by Crippen LogP contribution is -2.32. The van der Waals surface area contributed by atoms with Crippen molar-refractivity contribution in [3.63, 3.8) is 0 Å². The fourth-order valence-electron chi connectivity index (χ4n) is 2.89. The first-order chi connectivity index (χ1) is 15.9. The van der Waals surface area contributed by atoms with Crippen molar-refractivity contribution in [2.75, 3.05) is 33.5 Å². The van der Waals surface area contributed by atoms with Gasteiger partial charge in [0.05, 0.1) is 30.2 Å². The number of methoxy groups -OCH3 is 1. The van der Waals surface area contributed by atoms with Crippen molar-refractivity contribution in [3.8, 4) is 17.2 Å². The number of carbonyl (C=O) groups is 3. The summed E-state index contributed by atoms with van der Waals surface area (Å²) >= 11 is 6.89. The third-order valence-electron chi connectivity index (χ3n) is 4.42. The van der Waals surface area contributed by atoms with Crippen molar-refractivity contribution in [2.24, 2.45) is 0 Å². The van der Waals surface area contributed by atoms with Gasteiger partial charge in [0.2, 0.25) is 0 Å². The molecule has 8 nitrogen and oxygen atoms in total. The lowest BCUT2D eigenvalue weighted by molar-refractivity contribution is -0.145. The first kappa shape index (κ1) is 24.5. The molecule has 0 saturated carbocycles. The van der Waals surface area contributed by atoms with Crippen LogP contribution < -0.4 is 14.2 Å². The van der Waals surface area contributed by atoms with Crippen LogP contribution in [0.1, 0.15) is 12.5 Å². The quantitative estimate of drug-likeness (QED) is 0.356. The second-order valence-corrected chi connectivity index (χ2v) is 8.02. The summed E-state index contributed by atoms with van der Waals surface area (Å²) in [6.45, 7) is 1.87. The second-order valence-electron chi connectivity index (χ2n) is 6.62. The van der Waals surface area contributed by atoms with Crippen LogP contribution >= 0.6 is 23.4 Å². The highest BCUT2D eigenvalue weighted by atomic mass is 35.5. The summed E-state index contributed by atoms with van der Waals surface area (Å²) in [4.78, 5) is 38.1. The summed E-state index contributed by atoms with van der Waals surface area (Å²) < 4.78 is 21.2. The molecule has 0 unspecified atom stereocenters. The van der Waals surface area contributed by atoms with Crippen molar-refractivity contribution < 1.29 is 33.3 Å². The van der Waals surface area contributed by atoms with Gasteiger partial charge < -0.3 is 18.9 Å². The lowest BCUT2D eigenvalue weighted by atomic mass is 10.2. The van der Waals surface area contributed by atoms with Gasteiger partial charge in [-0.25, -0.2) is 4.79 Å². The largest absolute Gasteiger partial charge is 0.493 e. The normalized spacial score (nSPS) is 14.5. The Morgan fingerprint density at radius 2 is 1.88 bits per heavy atom. The molecule has 1 aliphatic heterocycles. The van der Waals surface area contributed by atoms with Gasteiger partial charge in [0.25, 0.3) is 11.1 Å². The summed E-state index contributed by atoms with van der Waals surface area (Å²) in [7, 11) is 1.47. The summed E-state index contributed by atoms with van der Waals surface area (Å²) in [6, 6.07) is 11.9. The van der Waals surface area contributed by atoms with Crippen molar-refractivity contribution in [3.05, 3.63) is 58.0 Å². The molecule has 0 aromatic heterocycles. The molecule has 0 aliphatic carbocycles. The van der Waals surface area contributed by atoms with E-state index in [0.29, 0.717) is 27.8 Å². The number of benzene rings is 2. The predicted molar refractivity (Wildman–Crippen MR) is 125 cm³/mol. The maximum Gasteiger partial charge on any atom is 0.344 e. The summed E-state index contributed by atoms with van der Waals surface area (Å²) in [5.41, 5.74) is 0.604. The molecule has 10 heteroatoms. The third-order valence-corrected chi connectivity index (χ3v) is 5.64. The molecule has 2 aromatic carbocycles. The highest BCUT2D eigenvalue weighted by Gasteiger charge is 2.34. The Morgan fingerprint density at radius 1 is 1.09 bits per heavy atom. The van der Waals surface area contributed by atoms with Crippen molar-refractivity contribution in [1.82, 2.24) is 4.90 Å². The van der Waals surface area contributed by atoms with E-state index in [-0.39, 0.29) is 36.5 Å². The van der Waals surface area contributed by atoms with Gasteiger partial charge in [-0.15, -0.1) is 0 Å². The van der Waals surface area contributed by atoms with Gasteiger partial charge in [0, 0.05) is 0 Å². The van der Waals surface area contributed by atoms with E-state index in [1.54, 1.807) is 55.5 Å². The molecule has 1 heterocycles. The number of halogens is 1. The van der Waals surface area contributed by atoms with Gasteiger partial charge in [-0.2, -0.15) is 0 Å². The highest BCUT2D eigenvalue weighted by molar-refractivity contribution is 8.18. The van der Waals surface area contributed by atoms with Crippen LogP contribution in [-0.2, 0) is 14.3 Å². The van der Waals surface area contributed by atoms with E-state index < -0.39 is 11.9 Å². The molecule has 0 radical (unpaired) electrons. The Hall–Kier alpha value is -3.17. The van der Waals surface area contributed by atoms with Crippen LogP contribution in [0.4, 0.5) is 4.79 Å². The van der Waals surface area contributed by atoms with Gasteiger partial charge in [-0.05, 0) is 54.6 Å². The van der Waals surface area contributed by atoms with Crippen LogP contribution in [0.25, 0.3) is 6.08 Å². The second kappa shape index (κ2) is 11.6. The smallest absolute Gasteiger partial charge is 0.344 e. The number of esters is 1. The first-order valence-corrected chi connectivity index (χ1v) is 11.2. The van der Waals surface area contributed by atoms with E-state index in [4.69, 9.17) is 30.5 Å². The summed E-state index contributed by atoms with van der Waals surface area (Å²) in [5, 5.41) is 0.0633. The molecule has 33 heavy (non-hydrogen) atoms. The molecule has 1 aliphatic rings. The maximum atomic E-state index is 12.7. The van der Waals surface area contributed by atoms with Crippen molar-refractivity contribution >= 4 is 46.6 Å². The highest BCUT2D eigenvalue weighted by Crippen LogP contribution is 2.34. The summed E-state index contributed by atoms with van der Waals surface area (Å²) in [6.07, 6.45) is 1.58. The predicted octanol–water partition coefficient (Wildman–Crippen LogP) is 4.41. The average molecular weight is 492 g/mol. The zero-order chi connectivity index (χ0) is 23.8. The monoisotopic (exact) mass is 491 g/mol. The Balaban J connectivity index is 1.67. The number of imide groups is 1. The van der Waals surface area contributed by atoms with Crippen LogP contribution in [0.2, 0.25) is 5.02 Å². The van der Waals surface area contributed by atoms with Gasteiger partial charge in [-0.1, -0.05) is 29.8 Å². The van der Waals surface area contributed by atoms with Crippen molar-refractivity contribution in [2.45, 2.75) is 6.92 Å². The van der Waals surface area contributed by atoms with Crippen LogP contribution in [-0.4, -0.2) is 55.5 Å². The Morgan fingerprint density at radius 3 is 2.61 bits per heavy atom. The maximum absolute atomic E-state index is 12.7. The topological polar surface area (TPSA) is 91.4 Å². The minimum absolute atomic E-state index is 0.0870. The Kier molecular flexibility index (Phi) is 8.62. The SMILES string of the molecule is CCOC(=O)COc1cc(/C=C2\SC(=O)N(CCOc3ccccc3Cl)C2=O)ccc1OC. The number of thioether (sulfide) groups is 1. The van der Waals surface area contributed by atoms with Gasteiger partial charge in [0.1, 0.15) is 12.4 Å². The van der Waals surface area contributed by atoms with Crippen LogP contribution in [0.5, 0.6) is 17.2 Å². The fraction of sp³-hybridized carbons (Fsp3) is 0.261. The van der Waals surface area contributed by atoms with E-state index in [2.05, 4.69) is 0 Å². The minimum Gasteiger partial charge on any atom is -0.493 e. The van der Waals surface area contributed by atoms with Gasteiger partial charge in [0.15, 0.2) is 18.1 Å². The van der Waals surface area contributed by atoms with E-state index in [1.807, 2.05) is 0 Å². The van der Waals surface area contributed by atoms with E-state index >= 15 is 0 Å². The molecule has 1 saturated heterocycles. The Bertz CT molecular complexity index is 1070. The molecule has 0 N–H and O–H groups in total. The number of hydrogen-bond donors (Lipinski definition) is 0.